The van der Waals surface area contributed by atoms with Crippen molar-refractivity contribution in [2.45, 2.75) is 58.3 Å². The van der Waals surface area contributed by atoms with Crippen LogP contribution in [0.15, 0.2) is 18.2 Å². The van der Waals surface area contributed by atoms with Gasteiger partial charge in [-0.25, -0.2) is 0 Å². The molecule has 0 aliphatic carbocycles. The van der Waals surface area contributed by atoms with E-state index < -0.39 is 24.4 Å². The summed E-state index contributed by atoms with van der Waals surface area (Å²) < 4.78 is 17.9. The van der Waals surface area contributed by atoms with Gasteiger partial charge in [-0.05, 0) is 40.2 Å². The van der Waals surface area contributed by atoms with Gasteiger partial charge in [0.2, 0.25) is 0 Å². The van der Waals surface area contributed by atoms with Crippen molar-refractivity contribution in [2.24, 2.45) is 0 Å². The zero-order valence-corrected chi connectivity index (χ0v) is 14.5. The maximum absolute atomic E-state index is 11.5. The Labute approximate surface area is 138 Å². The summed E-state index contributed by atoms with van der Waals surface area (Å²) in [7, 11) is -0.680. The Balaban J connectivity index is 2.40. The molecule has 2 atom stereocenters. The first-order valence-electron chi connectivity index (χ1n) is 7.98. The fraction of sp³-hybridized carbons (Fsp3) is 0.588. The highest BCUT2D eigenvalue weighted by Gasteiger charge is 2.54. The van der Waals surface area contributed by atoms with Crippen LogP contribution in [0.5, 0.6) is 5.75 Å². The van der Waals surface area contributed by atoms with Crippen LogP contribution in [0.25, 0.3) is 0 Å². The van der Waals surface area contributed by atoms with Crippen molar-refractivity contribution in [1.29, 1.82) is 0 Å². The SMILES string of the molecule is CCC1(C)OB(c2c(C=O)cccc2OCC(C)O)OC1(C)C. The number of aldehydes is 1. The first-order chi connectivity index (χ1) is 10.7. The van der Waals surface area contributed by atoms with Gasteiger partial charge in [0.1, 0.15) is 18.6 Å². The number of hydrogen-bond acceptors (Lipinski definition) is 5. The maximum atomic E-state index is 11.5. The van der Waals surface area contributed by atoms with E-state index >= 15 is 0 Å². The zero-order chi connectivity index (χ0) is 17.3. The van der Waals surface area contributed by atoms with Gasteiger partial charge >= 0.3 is 7.12 Å². The van der Waals surface area contributed by atoms with Gasteiger partial charge in [-0.1, -0.05) is 19.1 Å². The van der Waals surface area contributed by atoms with E-state index in [1.807, 2.05) is 27.7 Å². The minimum Gasteiger partial charge on any atom is -0.491 e. The molecule has 5 nitrogen and oxygen atoms in total. The molecule has 0 radical (unpaired) electrons. The first kappa shape index (κ1) is 18.0. The lowest BCUT2D eigenvalue weighted by Crippen LogP contribution is -2.44. The molecule has 2 rings (SSSR count). The Morgan fingerprint density at radius 1 is 1.35 bits per heavy atom. The fourth-order valence-electron chi connectivity index (χ4n) is 2.67. The number of carbonyl (C=O) groups excluding carboxylic acids is 1. The molecule has 1 heterocycles. The molecule has 1 N–H and O–H groups in total. The average molecular weight is 320 g/mol. The van der Waals surface area contributed by atoms with Crippen LogP contribution >= 0.6 is 0 Å². The van der Waals surface area contributed by atoms with E-state index in [1.165, 1.54) is 0 Å². The lowest BCUT2D eigenvalue weighted by Gasteiger charge is -2.35. The molecule has 23 heavy (non-hydrogen) atoms. The van der Waals surface area contributed by atoms with E-state index in [0.29, 0.717) is 16.8 Å². The van der Waals surface area contributed by atoms with Gasteiger partial charge in [-0.15, -0.1) is 0 Å². The van der Waals surface area contributed by atoms with Crippen LogP contribution in [-0.4, -0.2) is 42.4 Å². The Hall–Kier alpha value is -1.37. The standard InChI is InChI=1S/C17H25BO5/c1-6-17(5)16(3,4)22-18(23-17)15-13(10-19)8-7-9-14(15)21-11-12(2)20/h7-10,12,20H,6,11H2,1-5H3. The molecular formula is C17H25BO5. The van der Waals surface area contributed by atoms with E-state index in [1.54, 1.807) is 25.1 Å². The van der Waals surface area contributed by atoms with Crippen LogP contribution in [0.3, 0.4) is 0 Å². The second-order valence-electron chi connectivity index (χ2n) is 6.70. The molecule has 0 bridgehead atoms. The Bertz CT molecular complexity index is 572. The van der Waals surface area contributed by atoms with Crippen molar-refractivity contribution in [3.05, 3.63) is 23.8 Å². The molecule has 1 aliphatic heterocycles. The number of aliphatic hydroxyl groups is 1. The molecule has 0 spiro atoms. The van der Waals surface area contributed by atoms with Gasteiger partial charge in [0.15, 0.2) is 0 Å². The van der Waals surface area contributed by atoms with E-state index in [0.717, 1.165) is 12.7 Å². The summed E-state index contributed by atoms with van der Waals surface area (Å²) in [6.45, 7) is 9.79. The lowest BCUT2D eigenvalue weighted by molar-refractivity contribution is -0.0118. The highest BCUT2D eigenvalue weighted by Crippen LogP contribution is 2.40. The van der Waals surface area contributed by atoms with E-state index in [2.05, 4.69) is 0 Å². The number of aliphatic hydroxyl groups excluding tert-OH is 1. The Morgan fingerprint density at radius 2 is 2.04 bits per heavy atom. The summed E-state index contributed by atoms with van der Waals surface area (Å²) in [4.78, 5) is 11.5. The number of carbonyl (C=O) groups is 1. The highest BCUT2D eigenvalue weighted by atomic mass is 16.7. The van der Waals surface area contributed by atoms with Gasteiger partial charge in [0, 0.05) is 11.0 Å². The van der Waals surface area contributed by atoms with Crippen LogP contribution in [0.4, 0.5) is 0 Å². The molecule has 6 heteroatoms. The van der Waals surface area contributed by atoms with Gasteiger partial charge in [-0.3, -0.25) is 4.79 Å². The van der Waals surface area contributed by atoms with Crippen molar-refractivity contribution in [1.82, 2.24) is 0 Å². The largest absolute Gasteiger partial charge is 0.499 e. The van der Waals surface area contributed by atoms with Crippen LogP contribution in [-0.2, 0) is 9.31 Å². The molecule has 0 amide bonds. The number of ether oxygens (including phenoxy) is 1. The van der Waals surface area contributed by atoms with Crippen molar-refractivity contribution in [3.8, 4) is 5.75 Å². The maximum Gasteiger partial charge on any atom is 0.499 e. The number of rotatable bonds is 6. The molecule has 0 saturated carbocycles. The zero-order valence-electron chi connectivity index (χ0n) is 14.5. The van der Waals surface area contributed by atoms with Crippen molar-refractivity contribution < 1.29 is 23.9 Å². The topological polar surface area (TPSA) is 65.0 Å². The Kier molecular flexibility index (Phi) is 5.18. The van der Waals surface area contributed by atoms with Crippen LogP contribution in [0.1, 0.15) is 51.4 Å². The van der Waals surface area contributed by atoms with E-state index in [9.17, 15) is 9.90 Å². The monoisotopic (exact) mass is 320 g/mol. The predicted octanol–water partition coefficient (Wildman–Crippen LogP) is 1.95. The summed E-state index contributed by atoms with van der Waals surface area (Å²) in [6, 6.07) is 5.20. The smallest absolute Gasteiger partial charge is 0.491 e. The lowest BCUT2D eigenvalue weighted by atomic mass is 9.75. The molecule has 1 aromatic rings. The first-order valence-corrected chi connectivity index (χ1v) is 7.98. The third kappa shape index (κ3) is 3.44. The molecule has 1 aromatic carbocycles. The molecular weight excluding hydrogens is 295 g/mol. The van der Waals surface area contributed by atoms with Crippen LogP contribution in [0, 0.1) is 0 Å². The van der Waals surface area contributed by atoms with Crippen LogP contribution in [0.2, 0.25) is 0 Å². The summed E-state index contributed by atoms with van der Waals surface area (Å²) in [5.74, 6) is 0.497. The molecule has 126 valence electrons. The molecule has 1 aliphatic rings. The van der Waals surface area contributed by atoms with E-state index in [4.69, 9.17) is 14.0 Å². The summed E-state index contributed by atoms with van der Waals surface area (Å²) >= 11 is 0. The summed E-state index contributed by atoms with van der Waals surface area (Å²) in [5.41, 5.74) is 0.0849. The quantitative estimate of drug-likeness (QED) is 0.641. The van der Waals surface area contributed by atoms with E-state index in [-0.39, 0.29) is 6.61 Å². The minimum absolute atomic E-state index is 0.135. The van der Waals surface area contributed by atoms with Crippen LogP contribution < -0.4 is 10.2 Å². The number of benzene rings is 1. The third-order valence-electron chi connectivity index (χ3n) is 4.66. The normalized spacial score (nSPS) is 24.5. The average Bonchev–Trinajstić information content (AvgIpc) is 2.74. The predicted molar refractivity (Wildman–Crippen MR) is 89.3 cm³/mol. The second-order valence-corrected chi connectivity index (χ2v) is 6.70. The van der Waals surface area contributed by atoms with Gasteiger partial charge in [-0.2, -0.15) is 0 Å². The minimum atomic E-state index is -0.680. The molecule has 1 saturated heterocycles. The van der Waals surface area contributed by atoms with Gasteiger partial charge in [0.05, 0.1) is 17.3 Å². The van der Waals surface area contributed by atoms with Crippen molar-refractivity contribution >= 4 is 18.9 Å². The summed E-state index contributed by atoms with van der Waals surface area (Å²) in [6.07, 6.45) is 0.945. The Morgan fingerprint density at radius 3 is 2.57 bits per heavy atom. The van der Waals surface area contributed by atoms with Gasteiger partial charge < -0.3 is 19.2 Å². The third-order valence-corrected chi connectivity index (χ3v) is 4.66. The second kappa shape index (κ2) is 6.63. The fourth-order valence-corrected chi connectivity index (χ4v) is 2.67. The molecule has 1 fully saturated rings. The highest BCUT2D eigenvalue weighted by molar-refractivity contribution is 6.64. The molecule has 0 aromatic heterocycles. The number of hydrogen-bond donors (Lipinski definition) is 1. The summed E-state index contributed by atoms with van der Waals surface area (Å²) in [5, 5.41) is 9.44. The van der Waals surface area contributed by atoms with Gasteiger partial charge in [0.25, 0.3) is 0 Å². The van der Waals surface area contributed by atoms with Crippen molar-refractivity contribution in [3.63, 3.8) is 0 Å². The molecule has 2 unspecified atom stereocenters. The van der Waals surface area contributed by atoms with Crippen molar-refractivity contribution in [2.75, 3.05) is 6.61 Å².